The Morgan fingerprint density at radius 3 is 2.12 bits per heavy atom. The van der Waals surface area contributed by atoms with Crippen molar-refractivity contribution in [1.29, 1.82) is 0 Å². The van der Waals surface area contributed by atoms with E-state index >= 15 is 0 Å². The lowest BCUT2D eigenvalue weighted by atomic mass is 9.97. The first kappa shape index (κ1) is 24.1. The third-order valence-electron chi connectivity index (χ3n) is 5.05. The summed E-state index contributed by atoms with van der Waals surface area (Å²) in [4.78, 5) is -0.927. The van der Waals surface area contributed by atoms with E-state index in [-0.39, 0.29) is 34.6 Å². The van der Waals surface area contributed by atoms with Crippen molar-refractivity contribution in [3.05, 3.63) is 69.1 Å². The number of alkyl halides is 6. The van der Waals surface area contributed by atoms with Gasteiger partial charge in [-0.1, -0.05) is 49.2 Å². The number of ether oxygens (including phenoxy) is 1. The van der Waals surface area contributed by atoms with E-state index in [2.05, 4.69) is 4.37 Å². The van der Waals surface area contributed by atoms with Gasteiger partial charge in [-0.05, 0) is 43.4 Å². The van der Waals surface area contributed by atoms with Crippen LogP contribution in [0, 0.1) is 13.8 Å². The van der Waals surface area contributed by atoms with Gasteiger partial charge in [0.25, 0.3) is 0 Å². The van der Waals surface area contributed by atoms with Gasteiger partial charge >= 0.3 is 12.4 Å². The van der Waals surface area contributed by atoms with Crippen LogP contribution in [0.2, 0.25) is 0 Å². The molecule has 0 unspecified atom stereocenters. The lowest BCUT2D eigenvalue weighted by Gasteiger charge is -2.19. The average Bonchev–Trinajstić information content (AvgIpc) is 3.11. The van der Waals surface area contributed by atoms with Crippen LogP contribution in [-0.2, 0) is 25.4 Å². The van der Waals surface area contributed by atoms with Crippen molar-refractivity contribution in [3.8, 4) is 17.0 Å². The molecule has 0 aliphatic carbocycles. The van der Waals surface area contributed by atoms with E-state index in [1.807, 2.05) is 6.92 Å². The molecule has 0 saturated heterocycles. The maximum absolute atomic E-state index is 13.7. The number of hydrogen-bond donors (Lipinski definition) is 0. The fourth-order valence-corrected chi connectivity index (χ4v) is 4.30. The lowest BCUT2D eigenvalue weighted by molar-refractivity contribution is -0.138. The Balaban J connectivity index is 2.01. The summed E-state index contributed by atoms with van der Waals surface area (Å²) in [6, 6.07) is 9.51. The van der Waals surface area contributed by atoms with Gasteiger partial charge < -0.3 is 4.74 Å². The third kappa shape index (κ3) is 5.09. The molecule has 3 rings (SSSR count). The predicted octanol–water partition coefficient (Wildman–Crippen LogP) is 8.00. The van der Waals surface area contributed by atoms with E-state index in [0.717, 1.165) is 5.56 Å². The zero-order chi connectivity index (χ0) is 23.7. The molecule has 32 heavy (non-hydrogen) atoms. The van der Waals surface area contributed by atoms with Crippen LogP contribution in [-0.4, -0.2) is 4.37 Å². The molecule has 9 heteroatoms. The van der Waals surface area contributed by atoms with Crippen LogP contribution < -0.4 is 4.74 Å². The Morgan fingerprint density at radius 1 is 0.906 bits per heavy atom. The molecule has 0 saturated carbocycles. The predicted molar refractivity (Wildman–Crippen MR) is 112 cm³/mol. The SMILES string of the molecule is CCCc1ccc(OCc2c(-c3ccc(C)cc3)nsc2C(F)(F)F)c(C)c1C(F)(F)F. The first-order valence-electron chi connectivity index (χ1n) is 9.88. The Hall–Kier alpha value is -2.55. The molecule has 172 valence electrons. The first-order chi connectivity index (χ1) is 14.9. The summed E-state index contributed by atoms with van der Waals surface area (Å²) in [6.45, 7) is 4.34. The number of halogens is 6. The molecular formula is C23H21F6NOS. The van der Waals surface area contributed by atoms with Gasteiger partial charge in [0.2, 0.25) is 0 Å². The molecule has 0 N–H and O–H groups in total. The molecule has 0 amide bonds. The van der Waals surface area contributed by atoms with Crippen LogP contribution in [0.25, 0.3) is 11.3 Å². The van der Waals surface area contributed by atoms with E-state index in [0.29, 0.717) is 23.5 Å². The lowest BCUT2D eigenvalue weighted by Crippen LogP contribution is -2.13. The number of nitrogens with zero attached hydrogens (tertiary/aromatic N) is 1. The van der Waals surface area contributed by atoms with Gasteiger partial charge in [0, 0.05) is 16.7 Å². The molecule has 1 heterocycles. The number of aromatic nitrogens is 1. The summed E-state index contributed by atoms with van der Waals surface area (Å²) in [7, 11) is 0. The van der Waals surface area contributed by atoms with Gasteiger partial charge in [-0.15, -0.1) is 0 Å². The second-order valence-corrected chi connectivity index (χ2v) is 8.24. The standard InChI is InChI=1S/C23H21F6NOS/c1-4-5-15-10-11-18(14(3)19(15)22(24,25)26)31-12-17-20(16-8-6-13(2)7-9-16)30-32-21(17)23(27,28)29/h6-11H,4-5,12H2,1-3H3. The minimum atomic E-state index is -4.66. The van der Waals surface area contributed by atoms with Gasteiger partial charge in [0.05, 0.1) is 11.3 Å². The molecule has 3 aromatic rings. The van der Waals surface area contributed by atoms with E-state index in [1.54, 1.807) is 31.2 Å². The zero-order valence-corrected chi connectivity index (χ0v) is 18.4. The quantitative estimate of drug-likeness (QED) is 0.339. The average molecular weight is 473 g/mol. The highest BCUT2D eigenvalue weighted by Crippen LogP contribution is 2.42. The minimum absolute atomic E-state index is 0.105. The fourth-order valence-electron chi connectivity index (χ4n) is 3.53. The van der Waals surface area contributed by atoms with Gasteiger partial charge in [-0.25, -0.2) is 0 Å². The monoisotopic (exact) mass is 473 g/mol. The van der Waals surface area contributed by atoms with E-state index in [4.69, 9.17) is 4.74 Å². The van der Waals surface area contributed by atoms with Crippen molar-refractivity contribution in [1.82, 2.24) is 4.37 Å². The molecule has 0 spiro atoms. The summed E-state index contributed by atoms with van der Waals surface area (Å²) in [5.41, 5.74) is 0.522. The second kappa shape index (κ2) is 9.13. The fraction of sp³-hybridized carbons (Fsp3) is 0.348. The Morgan fingerprint density at radius 2 is 1.56 bits per heavy atom. The van der Waals surface area contributed by atoms with Crippen LogP contribution >= 0.6 is 11.5 Å². The first-order valence-corrected chi connectivity index (χ1v) is 10.7. The van der Waals surface area contributed by atoms with Crippen molar-refractivity contribution < 1.29 is 31.1 Å². The highest BCUT2D eigenvalue weighted by Gasteiger charge is 2.39. The van der Waals surface area contributed by atoms with Crippen LogP contribution in [0.1, 0.15) is 46.0 Å². The van der Waals surface area contributed by atoms with E-state index < -0.39 is 29.4 Å². The van der Waals surface area contributed by atoms with Crippen molar-refractivity contribution in [2.45, 2.75) is 52.6 Å². The number of aryl methyl sites for hydroxylation is 2. The topological polar surface area (TPSA) is 22.1 Å². The van der Waals surface area contributed by atoms with Gasteiger partial charge in [-0.2, -0.15) is 30.7 Å². The molecule has 2 aromatic carbocycles. The Labute approximate surface area is 186 Å². The summed E-state index contributed by atoms with van der Waals surface area (Å²) in [5, 5.41) is 0. The smallest absolute Gasteiger partial charge is 0.427 e. The highest BCUT2D eigenvalue weighted by atomic mass is 32.1. The van der Waals surface area contributed by atoms with Gasteiger partial charge in [0.15, 0.2) is 0 Å². The largest absolute Gasteiger partial charge is 0.488 e. The molecule has 2 nitrogen and oxygen atoms in total. The summed E-state index contributed by atoms with van der Waals surface area (Å²) < 4.78 is 91.2. The van der Waals surface area contributed by atoms with Crippen LogP contribution in [0.3, 0.4) is 0 Å². The number of hydrogen-bond acceptors (Lipinski definition) is 3. The summed E-state index contributed by atoms with van der Waals surface area (Å²) >= 11 is 0.303. The van der Waals surface area contributed by atoms with Crippen molar-refractivity contribution in [3.63, 3.8) is 0 Å². The third-order valence-corrected chi connectivity index (χ3v) is 5.98. The molecular weight excluding hydrogens is 452 g/mol. The van der Waals surface area contributed by atoms with Gasteiger partial charge in [-0.3, -0.25) is 0 Å². The Kier molecular flexibility index (Phi) is 6.88. The molecule has 0 radical (unpaired) electrons. The van der Waals surface area contributed by atoms with Crippen molar-refractivity contribution >= 4 is 11.5 Å². The Bertz CT molecular complexity index is 1080. The minimum Gasteiger partial charge on any atom is -0.488 e. The second-order valence-electron chi connectivity index (χ2n) is 7.46. The van der Waals surface area contributed by atoms with Crippen LogP contribution in [0.5, 0.6) is 5.75 Å². The maximum atomic E-state index is 13.7. The zero-order valence-electron chi connectivity index (χ0n) is 17.6. The molecule has 0 fully saturated rings. The molecule has 0 bridgehead atoms. The van der Waals surface area contributed by atoms with Crippen molar-refractivity contribution in [2.75, 3.05) is 0 Å². The van der Waals surface area contributed by atoms with Crippen LogP contribution in [0.4, 0.5) is 26.3 Å². The van der Waals surface area contributed by atoms with E-state index in [9.17, 15) is 26.3 Å². The van der Waals surface area contributed by atoms with Crippen LogP contribution in [0.15, 0.2) is 36.4 Å². The molecule has 0 atom stereocenters. The van der Waals surface area contributed by atoms with E-state index in [1.165, 1.54) is 19.1 Å². The number of rotatable bonds is 6. The summed E-state index contributed by atoms with van der Waals surface area (Å²) in [5.74, 6) is -0.105. The summed E-state index contributed by atoms with van der Waals surface area (Å²) in [6.07, 6.45) is -8.49. The maximum Gasteiger partial charge on any atom is 0.427 e. The normalized spacial score (nSPS) is 12.3. The molecule has 1 aromatic heterocycles. The molecule has 0 aliphatic rings. The number of benzene rings is 2. The van der Waals surface area contributed by atoms with Gasteiger partial charge in [0.1, 0.15) is 17.2 Å². The van der Waals surface area contributed by atoms with Crippen molar-refractivity contribution in [2.24, 2.45) is 0 Å². The molecule has 0 aliphatic heterocycles. The highest BCUT2D eigenvalue weighted by molar-refractivity contribution is 7.06.